The van der Waals surface area contributed by atoms with Crippen LogP contribution in [0.25, 0.3) is 0 Å². The Bertz CT molecular complexity index is 1140. The number of hydrogen-bond acceptors (Lipinski definition) is 5. The standard InChI is InChI=1S/C30H42N4O5/c1-18(2)16-22(31-27(37)20-9-11-21(12-10-20)30(4,5)6)28(38)33-15-13-23-26(33)25(36)17-34(23)29(39)24-8-7-14-32(24)19(3)35/h9-12,18,22-24,26H,7-8,13-17H2,1-6H3,(H,31,37). The van der Waals surface area contributed by atoms with Crippen molar-refractivity contribution in [3.05, 3.63) is 35.4 Å². The van der Waals surface area contributed by atoms with Crippen molar-refractivity contribution in [1.82, 2.24) is 20.0 Å². The highest BCUT2D eigenvalue weighted by Crippen LogP contribution is 2.33. The van der Waals surface area contributed by atoms with Crippen molar-refractivity contribution in [1.29, 1.82) is 0 Å². The highest BCUT2D eigenvalue weighted by Gasteiger charge is 2.53. The average molecular weight is 539 g/mol. The van der Waals surface area contributed by atoms with Crippen LogP contribution in [0.4, 0.5) is 0 Å². The molecule has 3 aliphatic rings. The van der Waals surface area contributed by atoms with Gasteiger partial charge in [-0.2, -0.15) is 0 Å². The number of carbonyl (C=O) groups excluding carboxylic acids is 5. The van der Waals surface area contributed by atoms with E-state index in [0.29, 0.717) is 37.9 Å². The molecule has 0 spiro atoms. The van der Waals surface area contributed by atoms with Crippen molar-refractivity contribution < 1.29 is 24.0 Å². The van der Waals surface area contributed by atoms with Crippen molar-refractivity contribution in [2.45, 2.75) is 96.8 Å². The number of hydrogen-bond donors (Lipinski definition) is 1. The third-order valence-electron chi connectivity index (χ3n) is 8.25. The number of carbonyl (C=O) groups is 5. The van der Waals surface area contributed by atoms with Crippen LogP contribution in [0.2, 0.25) is 0 Å². The molecule has 3 saturated heterocycles. The zero-order chi connectivity index (χ0) is 28.6. The molecule has 1 aromatic carbocycles. The number of ketones is 1. The van der Waals surface area contributed by atoms with Gasteiger partial charge in [0, 0.05) is 25.6 Å². The van der Waals surface area contributed by atoms with Gasteiger partial charge in [0.1, 0.15) is 18.1 Å². The molecule has 0 saturated carbocycles. The predicted molar refractivity (Wildman–Crippen MR) is 147 cm³/mol. The zero-order valence-electron chi connectivity index (χ0n) is 24.0. The highest BCUT2D eigenvalue weighted by molar-refractivity contribution is 6.01. The zero-order valence-corrected chi connectivity index (χ0v) is 24.0. The van der Waals surface area contributed by atoms with Gasteiger partial charge in [-0.1, -0.05) is 46.8 Å². The van der Waals surface area contributed by atoms with Crippen LogP contribution in [0, 0.1) is 5.92 Å². The molecule has 9 heteroatoms. The fraction of sp³-hybridized carbons (Fsp3) is 0.633. The van der Waals surface area contributed by atoms with Crippen LogP contribution >= 0.6 is 0 Å². The van der Waals surface area contributed by atoms with E-state index in [-0.39, 0.29) is 47.3 Å². The molecule has 3 aliphatic heterocycles. The van der Waals surface area contributed by atoms with E-state index in [9.17, 15) is 24.0 Å². The Morgan fingerprint density at radius 3 is 2.23 bits per heavy atom. The second kappa shape index (κ2) is 11.1. The predicted octanol–water partition coefficient (Wildman–Crippen LogP) is 2.52. The first-order valence-corrected chi connectivity index (χ1v) is 14.1. The Labute approximate surface area is 231 Å². The topological polar surface area (TPSA) is 107 Å². The van der Waals surface area contributed by atoms with Crippen LogP contribution in [0.1, 0.15) is 83.1 Å². The van der Waals surface area contributed by atoms with Gasteiger partial charge >= 0.3 is 0 Å². The van der Waals surface area contributed by atoms with Crippen LogP contribution in [0.5, 0.6) is 0 Å². The van der Waals surface area contributed by atoms with E-state index in [1.165, 1.54) is 6.92 Å². The Morgan fingerprint density at radius 1 is 0.974 bits per heavy atom. The van der Waals surface area contributed by atoms with Crippen molar-refractivity contribution in [3.8, 4) is 0 Å². The minimum absolute atomic E-state index is 0.0390. The highest BCUT2D eigenvalue weighted by atomic mass is 16.2. The molecule has 1 N–H and O–H groups in total. The molecule has 9 nitrogen and oxygen atoms in total. The van der Waals surface area contributed by atoms with Gasteiger partial charge in [0.25, 0.3) is 5.91 Å². The van der Waals surface area contributed by atoms with Crippen LogP contribution in [-0.4, -0.2) is 87.9 Å². The summed E-state index contributed by atoms with van der Waals surface area (Å²) in [6, 6.07) is 4.97. The summed E-state index contributed by atoms with van der Waals surface area (Å²) < 4.78 is 0. The maximum atomic E-state index is 13.8. The number of amides is 4. The molecule has 212 valence electrons. The lowest BCUT2D eigenvalue weighted by molar-refractivity contribution is -0.143. The second-order valence-corrected chi connectivity index (χ2v) is 12.6. The Balaban J connectivity index is 1.48. The van der Waals surface area contributed by atoms with Gasteiger partial charge in [-0.05, 0) is 54.7 Å². The number of benzene rings is 1. The largest absolute Gasteiger partial charge is 0.340 e. The number of rotatable bonds is 6. The summed E-state index contributed by atoms with van der Waals surface area (Å²) in [5.41, 5.74) is 1.55. The fourth-order valence-corrected chi connectivity index (χ4v) is 6.21. The summed E-state index contributed by atoms with van der Waals surface area (Å²) in [5, 5.41) is 2.93. The van der Waals surface area contributed by atoms with Gasteiger partial charge in [-0.3, -0.25) is 24.0 Å². The molecule has 0 aromatic heterocycles. The lowest BCUT2D eigenvalue weighted by Gasteiger charge is -2.31. The van der Waals surface area contributed by atoms with Gasteiger partial charge in [0.05, 0.1) is 12.6 Å². The number of nitrogens with one attached hydrogen (secondary N) is 1. The Morgan fingerprint density at radius 2 is 1.64 bits per heavy atom. The van der Waals surface area contributed by atoms with E-state index in [2.05, 4.69) is 26.1 Å². The third-order valence-corrected chi connectivity index (χ3v) is 8.25. The summed E-state index contributed by atoms with van der Waals surface area (Å²) >= 11 is 0. The van der Waals surface area contributed by atoms with Gasteiger partial charge in [0.15, 0.2) is 5.78 Å². The molecule has 4 unspecified atom stereocenters. The molecule has 0 aliphatic carbocycles. The summed E-state index contributed by atoms with van der Waals surface area (Å²) in [6.45, 7) is 12.6. The lowest BCUT2D eigenvalue weighted by atomic mass is 9.86. The molecule has 4 atom stereocenters. The van der Waals surface area contributed by atoms with Gasteiger partial charge in [-0.25, -0.2) is 0 Å². The van der Waals surface area contributed by atoms with E-state index in [1.807, 2.05) is 26.0 Å². The van der Waals surface area contributed by atoms with E-state index < -0.39 is 24.2 Å². The normalized spacial score (nSPS) is 23.8. The average Bonchev–Trinajstić information content (AvgIpc) is 3.59. The second-order valence-electron chi connectivity index (χ2n) is 12.6. The summed E-state index contributed by atoms with van der Waals surface area (Å²) in [4.78, 5) is 70.3. The minimum Gasteiger partial charge on any atom is -0.340 e. The van der Waals surface area contributed by atoms with Crippen molar-refractivity contribution in [2.24, 2.45) is 5.92 Å². The lowest BCUT2D eigenvalue weighted by Crippen LogP contribution is -2.53. The van der Waals surface area contributed by atoms with Crippen LogP contribution in [-0.2, 0) is 24.6 Å². The molecular formula is C30H42N4O5. The first-order valence-electron chi connectivity index (χ1n) is 14.1. The van der Waals surface area contributed by atoms with E-state index in [4.69, 9.17) is 0 Å². The molecule has 0 radical (unpaired) electrons. The summed E-state index contributed by atoms with van der Waals surface area (Å²) in [7, 11) is 0. The van der Waals surface area contributed by atoms with Gasteiger partial charge < -0.3 is 20.0 Å². The smallest absolute Gasteiger partial charge is 0.251 e. The number of likely N-dealkylation sites (tertiary alicyclic amines) is 3. The Hall–Kier alpha value is -3.23. The van der Waals surface area contributed by atoms with Gasteiger partial charge in [-0.15, -0.1) is 0 Å². The van der Waals surface area contributed by atoms with E-state index in [1.54, 1.807) is 26.8 Å². The number of nitrogens with zero attached hydrogens (tertiary/aromatic N) is 3. The minimum atomic E-state index is -0.779. The quantitative estimate of drug-likeness (QED) is 0.599. The monoisotopic (exact) mass is 538 g/mol. The molecule has 3 fully saturated rings. The summed E-state index contributed by atoms with van der Waals surface area (Å²) in [5.74, 6) is -0.993. The molecular weight excluding hydrogens is 496 g/mol. The van der Waals surface area contributed by atoms with E-state index >= 15 is 0 Å². The third kappa shape index (κ3) is 5.87. The van der Waals surface area contributed by atoms with E-state index in [0.717, 1.165) is 12.0 Å². The molecule has 3 heterocycles. The molecule has 0 bridgehead atoms. The molecule has 4 amide bonds. The molecule has 39 heavy (non-hydrogen) atoms. The van der Waals surface area contributed by atoms with Crippen LogP contribution in [0.3, 0.4) is 0 Å². The summed E-state index contributed by atoms with van der Waals surface area (Å²) in [6.07, 6.45) is 2.27. The maximum absolute atomic E-state index is 13.8. The van der Waals surface area contributed by atoms with Crippen LogP contribution in [0.15, 0.2) is 24.3 Å². The van der Waals surface area contributed by atoms with Crippen molar-refractivity contribution >= 4 is 29.4 Å². The molecule has 1 aromatic rings. The molecule has 4 rings (SSSR count). The fourth-order valence-electron chi connectivity index (χ4n) is 6.21. The van der Waals surface area contributed by atoms with Gasteiger partial charge in [0.2, 0.25) is 17.7 Å². The Kier molecular flexibility index (Phi) is 8.19. The van der Waals surface area contributed by atoms with Crippen LogP contribution < -0.4 is 5.32 Å². The number of fused-ring (bicyclic) bond motifs is 1. The SMILES string of the molecule is CC(=O)N1CCCC1C(=O)N1CC(=O)C2C1CCN2C(=O)C(CC(C)C)NC(=O)c1ccc(C(C)(C)C)cc1. The number of Topliss-reactive ketones (excluding diaryl/α,β-unsaturated/α-hetero) is 1. The van der Waals surface area contributed by atoms with Crippen molar-refractivity contribution in [3.63, 3.8) is 0 Å². The first kappa shape index (κ1) is 28.8. The first-order chi connectivity index (χ1) is 18.3. The van der Waals surface area contributed by atoms with Crippen molar-refractivity contribution in [2.75, 3.05) is 19.6 Å². The maximum Gasteiger partial charge on any atom is 0.251 e.